The lowest BCUT2D eigenvalue weighted by molar-refractivity contribution is 0.0698. The van der Waals surface area contributed by atoms with Crippen molar-refractivity contribution in [2.75, 3.05) is 67.7 Å². The Kier molecular flexibility index (Phi) is 16.9. The van der Waals surface area contributed by atoms with Crippen LogP contribution in [-0.2, 0) is 9.47 Å². The fourth-order valence-electron chi connectivity index (χ4n) is 2.14. The molecule has 0 atom stereocenters. The summed E-state index contributed by atoms with van der Waals surface area (Å²) < 4.78 is 10.3. The fraction of sp³-hybridized carbons (Fsp3) is 0.941. The molecule has 0 heterocycles. The third-order valence-corrected chi connectivity index (χ3v) is 3.49. The van der Waals surface area contributed by atoms with Crippen molar-refractivity contribution in [1.82, 2.24) is 15.5 Å². The van der Waals surface area contributed by atoms with Crippen LogP contribution in [0.3, 0.4) is 0 Å². The van der Waals surface area contributed by atoms with Crippen molar-refractivity contribution in [1.29, 1.82) is 0 Å². The molecule has 0 aromatic carbocycles. The summed E-state index contributed by atoms with van der Waals surface area (Å²) >= 11 is 0. The highest BCUT2D eigenvalue weighted by molar-refractivity contribution is 5.79. The van der Waals surface area contributed by atoms with Gasteiger partial charge in [0.15, 0.2) is 5.96 Å². The summed E-state index contributed by atoms with van der Waals surface area (Å²) in [5, 5.41) is 6.67. The van der Waals surface area contributed by atoms with Crippen LogP contribution in [0.5, 0.6) is 0 Å². The third-order valence-electron chi connectivity index (χ3n) is 3.49. The number of methoxy groups -OCH3 is 1. The van der Waals surface area contributed by atoms with Crippen LogP contribution in [0.2, 0.25) is 0 Å². The molecule has 0 rings (SSSR count). The van der Waals surface area contributed by atoms with Gasteiger partial charge in [0, 0.05) is 33.9 Å². The van der Waals surface area contributed by atoms with Crippen LogP contribution in [0.25, 0.3) is 0 Å². The zero-order chi connectivity index (χ0) is 17.2. The number of unbranched alkanes of at least 4 members (excludes halogenated alkanes) is 4. The average molecular weight is 331 g/mol. The molecule has 6 heteroatoms. The van der Waals surface area contributed by atoms with E-state index in [-0.39, 0.29) is 0 Å². The van der Waals surface area contributed by atoms with Crippen LogP contribution in [0.4, 0.5) is 0 Å². The van der Waals surface area contributed by atoms with Gasteiger partial charge in [0.1, 0.15) is 0 Å². The van der Waals surface area contributed by atoms with Gasteiger partial charge in [-0.3, -0.25) is 4.99 Å². The van der Waals surface area contributed by atoms with Crippen molar-refractivity contribution in [3.05, 3.63) is 0 Å². The van der Waals surface area contributed by atoms with Crippen LogP contribution in [-0.4, -0.2) is 78.6 Å². The van der Waals surface area contributed by atoms with Crippen molar-refractivity contribution in [2.24, 2.45) is 4.99 Å². The Hall–Kier alpha value is -0.850. The first kappa shape index (κ1) is 22.1. The van der Waals surface area contributed by atoms with Gasteiger partial charge in [0.2, 0.25) is 0 Å². The Labute approximate surface area is 143 Å². The topological polar surface area (TPSA) is 58.1 Å². The van der Waals surface area contributed by atoms with E-state index in [4.69, 9.17) is 9.47 Å². The third kappa shape index (κ3) is 17.3. The molecule has 0 aliphatic carbocycles. The van der Waals surface area contributed by atoms with E-state index in [1.807, 2.05) is 7.05 Å². The quantitative estimate of drug-likeness (QED) is 0.272. The van der Waals surface area contributed by atoms with Gasteiger partial charge < -0.3 is 25.0 Å². The summed E-state index contributed by atoms with van der Waals surface area (Å²) in [5.41, 5.74) is 0. The first-order valence-corrected chi connectivity index (χ1v) is 8.86. The maximum atomic E-state index is 5.42. The normalized spacial score (nSPS) is 12.0. The summed E-state index contributed by atoms with van der Waals surface area (Å²) in [6.45, 7) is 5.13. The predicted molar refractivity (Wildman–Crippen MR) is 98.3 cm³/mol. The van der Waals surface area contributed by atoms with E-state index in [0.717, 1.165) is 32.1 Å². The van der Waals surface area contributed by atoms with E-state index in [2.05, 4.69) is 34.6 Å². The number of hydrogen-bond acceptors (Lipinski definition) is 4. The zero-order valence-electron chi connectivity index (χ0n) is 15.7. The van der Waals surface area contributed by atoms with Gasteiger partial charge in [-0.2, -0.15) is 0 Å². The molecule has 0 bridgehead atoms. The molecule has 0 aromatic heterocycles. The maximum absolute atomic E-state index is 5.42. The Morgan fingerprint density at radius 3 is 2.17 bits per heavy atom. The lowest BCUT2D eigenvalue weighted by Crippen LogP contribution is -2.38. The van der Waals surface area contributed by atoms with Gasteiger partial charge in [-0.15, -0.1) is 0 Å². The minimum atomic E-state index is 0.659. The van der Waals surface area contributed by atoms with Gasteiger partial charge in [-0.25, -0.2) is 0 Å². The van der Waals surface area contributed by atoms with Crippen molar-refractivity contribution >= 4 is 5.96 Å². The molecule has 2 N–H and O–H groups in total. The molecule has 0 spiro atoms. The fourth-order valence-corrected chi connectivity index (χ4v) is 2.14. The van der Waals surface area contributed by atoms with E-state index >= 15 is 0 Å². The Bertz CT molecular complexity index is 273. The minimum Gasteiger partial charge on any atom is -0.382 e. The van der Waals surface area contributed by atoms with E-state index < -0.39 is 0 Å². The second kappa shape index (κ2) is 17.5. The lowest BCUT2D eigenvalue weighted by Gasteiger charge is -2.12. The molecule has 0 radical (unpaired) electrons. The van der Waals surface area contributed by atoms with Crippen LogP contribution in [0.15, 0.2) is 4.99 Å². The first-order valence-electron chi connectivity index (χ1n) is 8.86. The van der Waals surface area contributed by atoms with Crippen LogP contribution in [0, 0.1) is 0 Å². The largest absolute Gasteiger partial charge is 0.382 e. The summed E-state index contributed by atoms with van der Waals surface area (Å²) in [6, 6.07) is 0. The van der Waals surface area contributed by atoms with Gasteiger partial charge in [-0.05, 0) is 39.9 Å². The molecular weight excluding hydrogens is 292 g/mol. The monoisotopic (exact) mass is 330 g/mol. The number of guanidine groups is 1. The van der Waals surface area contributed by atoms with Gasteiger partial charge in [-0.1, -0.05) is 19.3 Å². The van der Waals surface area contributed by atoms with Crippen LogP contribution in [0.1, 0.15) is 38.5 Å². The zero-order valence-corrected chi connectivity index (χ0v) is 15.7. The van der Waals surface area contributed by atoms with E-state index in [1.165, 1.54) is 38.6 Å². The summed E-state index contributed by atoms with van der Waals surface area (Å²) in [4.78, 5) is 6.48. The van der Waals surface area contributed by atoms with Gasteiger partial charge >= 0.3 is 0 Å². The highest BCUT2D eigenvalue weighted by Crippen LogP contribution is 2.02. The number of nitrogens with one attached hydrogen (secondary N) is 2. The van der Waals surface area contributed by atoms with Crippen LogP contribution < -0.4 is 10.6 Å². The first-order chi connectivity index (χ1) is 11.2. The molecule has 0 saturated carbocycles. The summed E-state index contributed by atoms with van der Waals surface area (Å²) in [6.07, 6.45) is 7.40. The van der Waals surface area contributed by atoms with Crippen molar-refractivity contribution in [3.8, 4) is 0 Å². The predicted octanol–water partition coefficient (Wildman–Crippen LogP) is 1.72. The molecular formula is C17H38N4O2. The van der Waals surface area contributed by atoms with E-state index in [9.17, 15) is 0 Å². The van der Waals surface area contributed by atoms with E-state index in [1.54, 1.807) is 7.11 Å². The molecule has 0 aliphatic rings. The molecule has 0 unspecified atom stereocenters. The lowest BCUT2D eigenvalue weighted by atomic mass is 10.1. The molecule has 0 amide bonds. The molecule has 0 saturated heterocycles. The number of rotatable bonds is 15. The van der Waals surface area contributed by atoms with E-state index in [0.29, 0.717) is 13.2 Å². The molecule has 6 nitrogen and oxygen atoms in total. The highest BCUT2D eigenvalue weighted by atomic mass is 16.5. The Morgan fingerprint density at radius 1 is 0.870 bits per heavy atom. The van der Waals surface area contributed by atoms with Gasteiger partial charge in [0.25, 0.3) is 0 Å². The number of hydrogen-bond donors (Lipinski definition) is 2. The molecule has 138 valence electrons. The molecule has 0 fully saturated rings. The Balaban J connectivity index is 3.35. The SMILES string of the molecule is CN=C(NCCCCCCCN(C)C)NCCCOCCOC. The van der Waals surface area contributed by atoms with Crippen molar-refractivity contribution in [2.45, 2.75) is 38.5 Å². The number of ether oxygens (including phenoxy) is 2. The Morgan fingerprint density at radius 2 is 1.52 bits per heavy atom. The maximum Gasteiger partial charge on any atom is 0.190 e. The van der Waals surface area contributed by atoms with Gasteiger partial charge in [0.05, 0.1) is 13.2 Å². The molecule has 0 aliphatic heterocycles. The number of nitrogens with zero attached hydrogens (tertiary/aromatic N) is 2. The second-order valence-corrected chi connectivity index (χ2v) is 5.96. The summed E-state index contributed by atoms with van der Waals surface area (Å²) in [7, 11) is 7.76. The number of aliphatic imine (C=N–C) groups is 1. The average Bonchev–Trinajstić information content (AvgIpc) is 2.54. The minimum absolute atomic E-state index is 0.659. The van der Waals surface area contributed by atoms with Crippen molar-refractivity contribution < 1.29 is 9.47 Å². The standard InChI is InChI=1S/C17H38N4O2/c1-18-17(20-12-10-14-23-16-15-22-4)19-11-8-6-5-7-9-13-21(2)3/h5-16H2,1-4H3,(H2,18,19,20). The summed E-state index contributed by atoms with van der Waals surface area (Å²) in [5.74, 6) is 0.884. The smallest absolute Gasteiger partial charge is 0.190 e. The second-order valence-electron chi connectivity index (χ2n) is 5.96. The highest BCUT2D eigenvalue weighted by Gasteiger charge is 1.97. The molecule has 23 heavy (non-hydrogen) atoms. The molecule has 0 aromatic rings. The van der Waals surface area contributed by atoms with Crippen molar-refractivity contribution in [3.63, 3.8) is 0 Å². The van der Waals surface area contributed by atoms with Crippen LogP contribution >= 0.6 is 0 Å².